The fourth-order valence-corrected chi connectivity index (χ4v) is 4.38. The van der Waals surface area contributed by atoms with E-state index >= 15 is 0 Å². The van der Waals surface area contributed by atoms with Crippen LogP contribution in [0.4, 0.5) is 5.82 Å². The summed E-state index contributed by atoms with van der Waals surface area (Å²) in [5.41, 5.74) is 1.80. The first kappa shape index (κ1) is 20.4. The molecule has 2 heterocycles. The van der Waals surface area contributed by atoms with Crippen LogP contribution in [0.15, 0.2) is 18.2 Å². The van der Waals surface area contributed by atoms with Gasteiger partial charge in [-0.2, -0.15) is 5.10 Å². The first-order valence-corrected chi connectivity index (χ1v) is 10.9. The Hall–Kier alpha value is -2.35. The van der Waals surface area contributed by atoms with E-state index in [2.05, 4.69) is 10.4 Å². The van der Waals surface area contributed by atoms with Gasteiger partial charge in [-0.25, -0.2) is 4.68 Å². The summed E-state index contributed by atoms with van der Waals surface area (Å²) in [5.74, 6) is 2.33. The molecule has 1 aromatic heterocycles. The Bertz CT molecular complexity index is 915. The van der Waals surface area contributed by atoms with E-state index in [9.17, 15) is 9.00 Å². The zero-order valence-corrected chi connectivity index (χ0v) is 17.8. The molecule has 0 radical (unpaired) electrons. The normalized spacial score (nSPS) is 16.0. The number of carbonyl (C=O) groups is 1. The van der Waals surface area contributed by atoms with Crippen molar-refractivity contribution >= 4 is 22.5 Å². The predicted octanol–water partition coefficient (Wildman–Crippen LogP) is 3.45. The second-order valence-corrected chi connectivity index (χ2v) is 9.02. The van der Waals surface area contributed by atoms with E-state index < -0.39 is 10.8 Å². The van der Waals surface area contributed by atoms with Crippen molar-refractivity contribution in [1.29, 1.82) is 0 Å². The van der Waals surface area contributed by atoms with Gasteiger partial charge in [-0.05, 0) is 52.8 Å². The van der Waals surface area contributed by atoms with Crippen LogP contribution in [0.25, 0.3) is 0 Å². The SMILES string of the molecule is CCOc1ccc(C(=O)Nc2c3c(nn2C(C)(C)C)CS(=O)C3)cc1OCC. The highest BCUT2D eigenvalue weighted by atomic mass is 32.2. The molecule has 7 nitrogen and oxygen atoms in total. The number of aromatic nitrogens is 2. The molecule has 28 heavy (non-hydrogen) atoms. The number of carbonyl (C=O) groups excluding carboxylic acids is 1. The standard InChI is InChI=1S/C20H27N3O4S/c1-6-26-16-9-8-13(10-17(16)27-7-2)19(24)21-18-14-11-28(25)12-15(14)22-23(18)20(3,4)5/h8-10H,6-7,11-12H2,1-5H3,(H,21,24). The lowest BCUT2D eigenvalue weighted by atomic mass is 10.1. The average molecular weight is 406 g/mol. The van der Waals surface area contributed by atoms with Crippen molar-refractivity contribution in [1.82, 2.24) is 9.78 Å². The summed E-state index contributed by atoms with van der Waals surface area (Å²) in [7, 11) is -0.968. The molecule has 0 saturated carbocycles. The Morgan fingerprint density at radius 2 is 1.86 bits per heavy atom. The average Bonchev–Trinajstić information content (AvgIpc) is 3.14. The lowest BCUT2D eigenvalue weighted by Crippen LogP contribution is -2.27. The Labute approximate surface area is 167 Å². The Balaban J connectivity index is 1.93. The van der Waals surface area contributed by atoms with E-state index in [0.29, 0.717) is 47.6 Å². The van der Waals surface area contributed by atoms with Crippen molar-refractivity contribution in [3.63, 3.8) is 0 Å². The second-order valence-electron chi connectivity index (χ2n) is 7.57. The van der Waals surface area contributed by atoms with Crippen LogP contribution < -0.4 is 14.8 Å². The van der Waals surface area contributed by atoms with Gasteiger partial charge in [-0.3, -0.25) is 9.00 Å². The van der Waals surface area contributed by atoms with Gasteiger partial charge in [0.1, 0.15) is 5.82 Å². The molecule has 0 bridgehead atoms. The molecule has 1 aliphatic rings. The number of nitrogens with one attached hydrogen (secondary N) is 1. The zero-order valence-electron chi connectivity index (χ0n) is 17.0. The van der Waals surface area contributed by atoms with Gasteiger partial charge in [-0.15, -0.1) is 0 Å². The summed E-state index contributed by atoms with van der Waals surface area (Å²) in [6, 6.07) is 5.13. The second kappa shape index (κ2) is 7.95. The van der Waals surface area contributed by atoms with Crippen LogP contribution in [-0.2, 0) is 27.8 Å². The first-order chi connectivity index (χ1) is 13.2. The summed E-state index contributed by atoms with van der Waals surface area (Å²) < 4.78 is 25.0. The van der Waals surface area contributed by atoms with E-state index in [1.165, 1.54) is 0 Å². The Kier molecular flexibility index (Phi) is 5.79. The van der Waals surface area contributed by atoms with Gasteiger partial charge in [0.2, 0.25) is 0 Å². The van der Waals surface area contributed by atoms with Crippen LogP contribution in [0, 0.1) is 0 Å². The van der Waals surface area contributed by atoms with Gasteiger partial charge in [-0.1, -0.05) is 0 Å². The zero-order chi connectivity index (χ0) is 20.5. The van der Waals surface area contributed by atoms with Crippen LogP contribution in [0.1, 0.15) is 56.2 Å². The lowest BCUT2D eigenvalue weighted by Gasteiger charge is -2.23. The van der Waals surface area contributed by atoms with Crippen molar-refractivity contribution in [3.8, 4) is 11.5 Å². The van der Waals surface area contributed by atoms with Crippen LogP contribution in [0.5, 0.6) is 11.5 Å². The minimum absolute atomic E-state index is 0.269. The molecule has 3 rings (SSSR count). The molecule has 0 spiro atoms. The van der Waals surface area contributed by atoms with Gasteiger partial charge in [0.15, 0.2) is 11.5 Å². The van der Waals surface area contributed by atoms with Crippen LogP contribution in [-0.4, -0.2) is 33.1 Å². The quantitative estimate of drug-likeness (QED) is 0.796. The van der Waals surface area contributed by atoms with Gasteiger partial charge in [0.25, 0.3) is 5.91 Å². The van der Waals surface area contributed by atoms with E-state index in [4.69, 9.17) is 9.47 Å². The number of amides is 1. The third-order valence-electron chi connectivity index (χ3n) is 4.34. The number of hydrogen-bond donors (Lipinski definition) is 1. The molecular weight excluding hydrogens is 378 g/mol. The minimum Gasteiger partial charge on any atom is -0.490 e. The summed E-state index contributed by atoms with van der Waals surface area (Å²) in [4.78, 5) is 13.0. The largest absolute Gasteiger partial charge is 0.490 e. The Morgan fingerprint density at radius 3 is 2.50 bits per heavy atom. The molecule has 1 N–H and O–H groups in total. The van der Waals surface area contributed by atoms with Gasteiger partial charge in [0, 0.05) is 21.9 Å². The number of rotatable bonds is 6. The highest BCUT2D eigenvalue weighted by Gasteiger charge is 2.31. The molecule has 0 fully saturated rings. The van der Waals surface area contributed by atoms with Gasteiger partial charge in [0.05, 0.1) is 36.0 Å². The molecule has 1 unspecified atom stereocenters. The van der Waals surface area contributed by atoms with Crippen LogP contribution in [0.3, 0.4) is 0 Å². The smallest absolute Gasteiger partial charge is 0.256 e. The molecule has 1 amide bonds. The number of benzene rings is 1. The van der Waals surface area contributed by atoms with E-state index in [-0.39, 0.29) is 11.4 Å². The highest BCUT2D eigenvalue weighted by molar-refractivity contribution is 7.83. The van der Waals surface area contributed by atoms with E-state index in [1.54, 1.807) is 18.2 Å². The van der Waals surface area contributed by atoms with Crippen LogP contribution in [0.2, 0.25) is 0 Å². The maximum Gasteiger partial charge on any atom is 0.256 e. The van der Waals surface area contributed by atoms with Crippen molar-refractivity contribution in [2.45, 2.75) is 51.7 Å². The number of nitrogens with zero attached hydrogens (tertiary/aromatic N) is 2. The number of hydrogen-bond acceptors (Lipinski definition) is 5. The fourth-order valence-electron chi connectivity index (χ4n) is 3.11. The van der Waals surface area contributed by atoms with Crippen molar-refractivity contribution in [2.75, 3.05) is 18.5 Å². The number of fused-ring (bicyclic) bond motifs is 1. The van der Waals surface area contributed by atoms with Crippen molar-refractivity contribution < 1.29 is 18.5 Å². The molecule has 1 aliphatic heterocycles. The molecule has 1 atom stereocenters. The maximum absolute atomic E-state index is 13.0. The topological polar surface area (TPSA) is 82.5 Å². The summed E-state index contributed by atoms with van der Waals surface area (Å²) in [5, 5.41) is 7.59. The van der Waals surface area contributed by atoms with Crippen molar-refractivity contribution in [3.05, 3.63) is 35.0 Å². The third-order valence-corrected chi connectivity index (χ3v) is 5.55. The van der Waals surface area contributed by atoms with Crippen LogP contribution >= 0.6 is 0 Å². The first-order valence-electron chi connectivity index (χ1n) is 9.41. The molecule has 1 aromatic carbocycles. The van der Waals surface area contributed by atoms with Gasteiger partial charge < -0.3 is 14.8 Å². The summed E-state index contributed by atoms with van der Waals surface area (Å²) in [6.07, 6.45) is 0. The maximum atomic E-state index is 13.0. The third kappa shape index (κ3) is 4.06. The van der Waals surface area contributed by atoms with E-state index in [0.717, 1.165) is 11.3 Å². The van der Waals surface area contributed by atoms with Crippen molar-refractivity contribution in [2.24, 2.45) is 0 Å². The fraction of sp³-hybridized carbons (Fsp3) is 0.500. The van der Waals surface area contributed by atoms with E-state index in [1.807, 2.05) is 39.3 Å². The molecule has 152 valence electrons. The molecular formula is C20H27N3O4S. The predicted molar refractivity (Wildman–Crippen MR) is 110 cm³/mol. The number of anilines is 1. The number of ether oxygens (including phenoxy) is 2. The Morgan fingerprint density at radius 1 is 1.18 bits per heavy atom. The minimum atomic E-state index is -0.968. The highest BCUT2D eigenvalue weighted by Crippen LogP contribution is 2.34. The molecule has 8 heteroatoms. The summed E-state index contributed by atoms with van der Waals surface area (Å²) >= 11 is 0. The monoisotopic (exact) mass is 405 g/mol. The van der Waals surface area contributed by atoms with Gasteiger partial charge >= 0.3 is 0 Å². The molecule has 0 saturated heterocycles. The lowest BCUT2D eigenvalue weighted by molar-refractivity contribution is 0.102. The molecule has 2 aromatic rings. The molecule has 0 aliphatic carbocycles. The summed E-state index contributed by atoms with van der Waals surface area (Å²) in [6.45, 7) is 10.8.